The minimum atomic E-state index is -0.0000321. The second kappa shape index (κ2) is 4.81. The fraction of sp³-hybridized carbons (Fsp3) is 0.158. The summed E-state index contributed by atoms with van der Waals surface area (Å²) in [6, 6.07) is 16.1. The van der Waals surface area contributed by atoms with Gasteiger partial charge in [-0.15, -0.1) is 0 Å². The van der Waals surface area contributed by atoms with E-state index < -0.39 is 0 Å². The summed E-state index contributed by atoms with van der Waals surface area (Å²) in [5.41, 5.74) is 3.34. The standard InChI is InChI=1S/C19H15NO/c21-19(18-9-8-13-4-1-2-6-15(13)18)17-7-3-5-14-12-20-11-10-16(14)17/h1-7,10-12,18H,8-9H2. The molecule has 1 unspecified atom stereocenters. The van der Waals surface area contributed by atoms with Gasteiger partial charge in [-0.1, -0.05) is 42.5 Å². The Labute approximate surface area is 123 Å². The number of carbonyl (C=O) groups is 1. The van der Waals surface area contributed by atoms with Crippen molar-refractivity contribution in [2.45, 2.75) is 18.8 Å². The molecular weight excluding hydrogens is 258 g/mol. The van der Waals surface area contributed by atoms with Gasteiger partial charge in [-0.05, 0) is 35.4 Å². The van der Waals surface area contributed by atoms with Crippen LogP contribution in [0.5, 0.6) is 0 Å². The molecule has 0 aliphatic heterocycles. The van der Waals surface area contributed by atoms with E-state index in [1.807, 2.05) is 36.5 Å². The van der Waals surface area contributed by atoms with Crippen LogP contribution >= 0.6 is 0 Å². The average molecular weight is 273 g/mol. The first-order chi connectivity index (χ1) is 10.3. The van der Waals surface area contributed by atoms with Crippen molar-refractivity contribution in [3.8, 4) is 0 Å². The summed E-state index contributed by atoms with van der Waals surface area (Å²) in [5, 5.41) is 2.02. The van der Waals surface area contributed by atoms with E-state index in [1.165, 1.54) is 11.1 Å². The van der Waals surface area contributed by atoms with E-state index in [4.69, 9.17) is 0 Å². The maximum Gasteiger partial charge on any atom is 0.170 e. The summed E-state index contributed by atoms with van der Waals surface area (Å²) in [7, 11) is 0. The van der Waals surface area contributed by atoms with Gasteiger partial charge >= 0.3 is 0 Å². The Morgan fingerprint density at radius 1 is 1.05 bits per heavy atom. The van der Waals surface area contributed by atoms with Crippen molar-refractivity contribution in [3.05, 3.63) is 77.6 Å². The second-order valence-electron chi connectivity index (χ2n) is 5.56. The molecule has 0 bridgehead atoms. The van der Waals surface area contributed by atoms with Crippen molar-refractivity contribution in [1.82, 2.24) is 4.98 Å². The smallest absolute Gasteiger partial charge is 0.170 e. The lowest BCUT2D eigenvalue weighted by Gasteiger charge is -2.12. The summed E-state index contributed by atoms with van der Waals surface area (Å²) >= 11 is 0. The first-order valence-electron chi connectivity index (χ1n) is 7.29. The molecule has 0 spiro atoms. The Morgan fingerprint density at radius 2 is 1.95 bits per heavy atom. The van der Waals surface area contributed by atoms with Crippen LogP contribution in [0.25, 0.3) is 10.8 Å². The normalized spacial score (nSPS) is 16.9. The number of Topliss-reactive ketones (excluding diaryl/α,β-unsaturated/α-hetero) is 1. The Bertz CT molecular complexity index is 832. The van der Waals surface area contributed by atoms with Gasteiger partial charge in [-0.25, -0.2) is 0 Å². The van der Waals surface area contributed by atoms with Gasteiger partial charge in [0.2, 0.25) is 0 Å². The first kappa shape index (κ1) is 12.3. The molecule has 21 heavy (non-hydrogen) atoms. The molecule has 2 nitrogen and oxygen atoms in total. The number of aryl methyl sites for hydroxylation is 1. The fourth-order valence-corrected chi connectivity index (χ4v) is 3.35. The molecule has 1 aromatic heterocycles. The van der Waals surface area contributed by atoms with E-state index in [1.54, 1.807) is 6.20 Å². The molecule has 1 aliphatic rings. The highest BCUT2D eigenvalue weighted by atomic mass is 16.1. The summed E-state index contributed by atoms with van der Waals surface area (Å²) in [6.45, 7) is 0. The number of ketones is 1. The van der Waals surface area contributed by atoms with Gasteiger partial charge in [0, 0.05) is 29.3 Å². The van der Waals surface area contributed by atoms with Crippen LogP contribution in [-0.2, 0) is 6.42 Å². The molecule has 4 rings (SSSR count). The molecule has 0 radical (unpaired) electrons. The highest BCUT2D eigenvalue weighted by Crippen LogP contribution is 2.36. The highest BCUT2D eigenvalue weighted by molar-refractivity contribution is 6.11. The lowest BCUT2D eigenvalue weighted by atomic mass is 9.90. The number of hydrogen-bond donors (Lipinski definition) is 0. The molecule has 0 fully saturated rings. The van der Waals surface area contributed by atoms with Crippen LogP contribution in [0.15, 0.2) is 60.9 Å². The number of aromatic nitrogens is 1. The first-order valence-corrected chi connectivity index (χ1v) is 7.29. The van der Waals surface area contributed by atoms with E-state index in [9.17, 15) is 4.79 Å². The number of benzene rings is 2. The molecule has 0 amide bonds. The minimum absolute atomic E-state index is 0.0000321. The van der Waals surface area contributed by atoms with E-state index in [2.05, 4.69) is 23.2 Å². The van der Waals surface area contributed by atoms with Gasteiger partial charge in [-0.2, -0.15) is 0 Å². The number of carbonyl (C=O) groups excluding carboxylic acids is 1. The van der Waals surface area contributed by atoms with Crippen LogP contribution in [0.3, 0.4) is 0 Å². The third-order valence-corrected chi connectivity index (χ3v) is 4.40. The highest BCUT2D eigenvalue weighted by Gasteiger charge is 2.29. The van der Waals surface area contributed by atoms with Gasteiger partial charge in [0.05, 0.1) is 0 Å². The van der Waals surface area contributed by atoms with Crippen molar-refractivity contribution >= 4 is 16.6 Å². The van der Waals surface area contributed by atoms with Crippen molar-refractivity contribution in [1.29, 1.82) is 0 Å². The lowest BCUT2D eigenvalue weighted by Crippen LogP contribution is -2.10. The molecule has 2 aromatic carbocycles. The number of hydrogen-bond acceptors (Lipinski definition) is 2. The third-order valence-electron chi connectivity index (χ3n) is 4.40. The summed E-state index contributed by atoms with van der Waals surface area (Å²) < 4.78 is 0. The van der Waals surface area contributed by atoms with Gasteiger partial charge in [0.25, 0.3) is 0 Å². The Hall–Kier alpha value is -2.48. The lowest BCUT2D eigenvalue weighted by molar-refractivity contribution is 0.0961. The number of nitrogens with zero attached hydrogens (tertiary/aromatic N) is 1. The molecule has 0 N–H and O–H groups in total. The van der Waals surface area contributed by atoms with Crippen molar-refractivity contribution in [3.63, 3.8) is 0 Å². The molecule has 0 saturated heterocycles. The summed E-state index contributed by atoms with van der Waals surface area (Å²) in [4.78, 5) is 17.1. The van der Waals surface area contributed by atoms with Crippen LogP contribution in [-0.4, -0.2) is 10.8 Å². The summed E-state index contributed by atoms with van der Waals surface area (Å²) in [5.74, 6) is 0.233. The van der Waals surface area contributed by atoms with Crippen molar-refractivity contribution < 1.29 is 4.79 Å². The SMILES string of the molecule is O=C(c1cccc2cnccc12)C1CCc2ccccc21. The van der Waals surface area contributed by atoms with Gasteiger partial charge in [0.15, 0.2) is 5.78 Å². The zero-order valence-electron chi connectivity index (χ0n) is 11.6. The second-order valence-corrected chi connectivity index (χ2v) is 5.56. The van der Waals surface area contributed by atoms with Crippen LogP contribution < -0.4 is 0 Å². The Balaban J connectivity index is 1.82. The molecule has 1 heterocycles. The van der Waals surface area contributed by atoms with Gasteiger partial charge in [-0.3, -0.25) is 9.78 Å². The molecule has 2 heteroatoms. The minimum Gasteiger partial charge on any atom is -0.293 e. The molecule has 1 aliphatic carbocycles. The summed E-state index contributed by atoms with van der Waals surface area (Å²) in [6.07, 6.45) is 5.48. The molecule has 102 valence electrons. The Kier molecular flexibility index (Phi) is 2.81. The zero-order valence-corrected chi connectivity index (χ0v) is 11.6. The quantitative estimate of drug-likeness (QED) is 0.657. The maximum absolute atomic E-state index is 13.0. The van der Waals surface area contributed by atoms with Crippen LogP contribution in [0, 0.1) is 0 Å². The number of pyridine rings is 1. The fourth-order valence-electron chi connectivity index (χ4n) is 3.35. The topological polar surface area (TPSA) is 30.0 Å². The van der Waals surface area contributed by atoms with Crippen LogP contribution in [0.2, 0.25) is 0 Å². The molecule has 1 atom stereocenters. The van der Waals surface area contributed by atoms with E-state index in [-0.39, 0.29) is 11.7 Å². The predicted octanol–water partition coefficient (Wildman–Crippen LogP) is 4.15. The van der Waals surface area contributed by atoms with E-state index >= 15 is 0 Å². The van der Waals surface area contributed by atoms with Crippen LogP contribution in [0.1, 0.15) is 33.8 Å². The number of fused-ring (bicyclic) bond motifs is 2. The molecule has 0 saturated carbocycles. The van der Waals surface area contributed by atoms with E-state index in [0.717, 1.165) is 29.2 Å². The number of rotatable bonds is 2. The molecule has 3 aromatic rings. The van der Waals surface area contributed by atoms with Gasteiger partial charge < -0.3 is 0 Å². The predicted molar refractivity (Wildman–Crippen MR) is 83.6 cm³/mol. The zero-order chi connectivity index (χ0) is 14.2. The maximum atomic E-state index is 13.0. The molecular formula is C19H15NO. The third kappa shape index (κ3) is 1.95. The van der Waals surface area contributed by atoms with Gasteiger partial charge in [0.1, 0.15) is 0 Å². The average Bonchev–Trinajstić information content (AvgIpc) is 2.98. The van der Waals surface area contributed by atoms with Crippen molar-refractivity contribution in [2.24, 2.45) is 0 Å². The van der Waals surface area contributed by atoms with E-state index in [0.29, 0.717) is 0 Å². The largest absolute Gasteiger partial charge is 0.293 e. The van der Waals surface area contributed by atoms with Crippen LogP contribution in [0.4, 0.5) is 0 Å². The Morgan fingerprint density at radius 3 is 2.90 bits per heavy atom. The van der Waals surface area contributed by atoms with Crippen molar-refractivity contribution in [2.75, 3.05) is 0 Å². The monoisotopic (exact) mass is 273 g/mol.